The molecule has 0 aliphatic heterocycles. The molecule has 2 heteroatoms. The van der Waals surface area contributed by atoms with Crippen molar-refractivity contribution in [1.82, 2.24) is 10.2 Å². The largest absolute Gasteiger partial charge is 0.310 e. The average Bonchev–Trinajstić information content (AvgIpc) is 3.21. The molecule has 0 aromatic heterocycles. The lowest BCUT2D eigenvalue weighted by Gasteiger charge is -2.26. The second kappa shape index (κ2) is 7.24. The molecule has 0 spiro atoms. The Bertz CT molecular complexity index is 392. The zero-order valence-corrected chi connectivity index (χ0v) is 13.5. The first-order chi connectivity index (χ1) is 9.54. The van der Waals surface area contributed by atoms with Crippen LogP contribution < -0.4 is 5.32 Å². The fourth-order valence-corrected chi connectivity index (χ4v) is 2.62. The number of hydrogen-bond acceptors (Lipinski definition) is 2. The number of rotatable bonds is 8. The van der Waals surface area contributed by atoms with Gasteiger partial charge in [-0.2, -0.15) is 0 Å². The van der Waals surface area contributed by atoms with E-state index < -0.39 is 0 Å². The number of benzene rings is 1. The minimum absolute atomic E-state index is 0.645. The first-order valence-corrected chi connectivity index (χ1v) is 8.06. The van der Waals surface area contributed by atoms with Crippen molar-refractivity contribution in [3.63, 3.8) is 0 Å². The molecule has 1 aliphatic rings. The zero-order chi connectivity index (χ0) is 14.5. The molecule has 1 N–H and O–H groups in total. The smallest absolute Gasteiger partial charge is 0.0233 e. The van der Waals surface area contributed by atoms with Crippen molar-refractivity contribution in [1.29, 1.82) is 0 Å². The quantitative estimate of drug-likeness (QED) is 0.775. The molecule has 0 heterocycles. The predicted molar refractivity (Wildman–Crippen MR) is 86.7 cm³/mol. The molecule has 1 atom stereocenters. The van der Waals surface area contributed by atoms with E-state index in [1.165, 1.54) is 30.4 Å². The Hall–Kier alpha value is -0.860. The topological polar surface area (TPSA) is 15.3 Å². The van der Waals surface area contributed by atoms with Gasteiger partial charge in [-0.05, 0) is 50.3 Å². The Labute approximate surface area is 124 Å². The molecule has 0 radical (unpaired) electrons. The van der Waals surface area contributed by atoms with Gasteiger partial charge in [0.1, 0.15) is 0 Å². The Morgan fingerprint density at radius 2 is 1.70 bits per heavy atom. The predicted octanol–water partition coefficient (Wildman–Crippen LogP) is 3.81. The van der Waals surface area contributed by atoms with E-state index in [0.717, 1.165) is 25.0 Å². The molecule has 0 saturated heterocycles. The lowest BCUT2D eigenvalue weighted by Crippen LogP contribution is -2.29. The normalized spacial score (nSPS) is 16.9. The van der Waals surface area contributed by atoms with Gasteiger partial charge in [0.15, 0.2) is 0 Å². The van der Waals surface area contributed by atoms with Crippen LogP contribution in [0.1, 0.15) is 51.2 Å². The summed E-state index contributed by atoms with van der Waals surface area (Å²) in [5, 5.41) is 3.56. The van der Waals surface area contributed by atoms with Crippen molar-refractivity contribution in [3.8, 4) is 0 Å². The van der Waals surface area contributed by atoms with Crippen LogP contribution in [-0.2, 0) is 13.1 Å². The van der Waals surface area contributed by atoms with Gasteiger partial charge in [-0.15, -0.1) is 0 Å². The minimum Gasteiger partial charge on any atom is -0.310 e. The fraction of sp³-hybridized carbons (Fsp3) is 0.667. The highest BCUT2D eigenvalue weighted by Gasteiger charge is 2.19. The van der Waals surface area contributed by atoms with E-state index in [1.807, 2.05) is 0 Å². The molecule has 1 aliphatic carbocycles. The monoisotopic (exact) mass is 274 g/mol. The molecule has 1 aromatic carbocycles. The van der Waals surface area contributed by atoms with Crippen LogP contribution in [0.15, 0.2) is 24.3 Å². The lowest BCUT2D eigenvalue weighted by atomic mass is 10.0. The molecule has 1 fully saturated rings. The van der Waals surface area contributed by atoms with Crippen LogP contribution >= 0.6 is 0 Å². The summed E-state index contributed by atoms with van der Waals surface area (Å²) in [4.78, 5) is 2.46. The Morgan fingerprint density at radius 3 is 2.25 bits per heavy atom. The van der Waals surface area contributed by atoms with Crippen LogP contribution in [0, 0.1) is 5.92 Å². The molecule has 20 heavy (non-hydrogen) atoms. The molecule has 112 valence electrons. The molecule has 1 unspecified atom stereocenters. The van der Waals surface area contributed by atoms with Crippen LogP contribution in [0.5, 0.6) is 0 Å². The third kappa shape index (κ3) is 5.26. The SMILES string of the molecule is CC(C)CC(C)N(C)Cc1ccc(CNC2CC2)cc1. The maximum atomic E-state index is 3.56. The standard InChI is InChI=1S/C18H30N2/c1-14(2)11-15(3)20(4)13-17-7-5-16(6-8-17)12-19-18-9-10-18/h5-8,14-15,18-19H,9-13H2,1-4H3. The highest BCUT2D eigenvalue weighted by molar-refractivity contribution is 5.22. The van der Waals surface area contributed by atoms with Gasteiger partial charge in [0, 0.05) is 25.2 Å². The second-order valence-electron chi connectivity index (χ2n) is 6.87. The summed E-state index contributed by atoms with van der Waals surface area (Å²) in [6, 6.07) is 10.5. The second-order valence-corrected chi connectivity index (χ2v) is 6.87. The molecule has 2 nitrogen and oxygen atoms in total. The van der Waals surface area contributed by atoms with Gasteiger partial charge in [-0.25, -0.2) is 0 Å². The van der Waals surface area contributed by atoms with Gasteiger partial charge in [0.2, 0.25) is 0 Å². The first kappa shape index (κ1) is 15.5. The van der Waals surface area contributed by atoms with Gasteiger partial charge in [-0.3, -0.25) is 4.90 Å². The van der Waals surface area contributed by atoms with Crippen molar-refractivity contribution >= 4 is 0 Å². The molecule has 2 rings (SSSR count). The van der Waals surface area contributed by atoms with Crippen molar-refractivity contribution in [2.75, 3.05) is 7.05 Å². The van der Waals surface area contributed by atoms with Crippen LogP contribution in [0.2, 0.25) is 0 Å². The van der Waals surface area contributed by atoms with E-state index in [-0.39, 0.29) is 0 Å². The summed E-state index contributed by atoms with van der Waals surface area (Å²) in [6.07, 6.45) is 3.98. The molecular weight excluding hydrogens is 244 g/mol. The van der Waals surface area contributed by atoms with Crippen molar-refractivity contribution < 1.29 is 0 Å². The Morgan fingerprint density at radius 1 is 1.10 bits per heavy atom. The van der Waals surface area contributed by atoms with Gasteiger partial charge in [-0.1, -0.05) is 38.1 Å². The summed E-state index contributed by atoms with van der Waals surface area (Å²) in [5.41, 5.74) is 2.82. The summed E-state index contributed by atoms with van der Waals surface area (Å²) >= 11 is 0. The summed E-state index contributed by atoms with van der Waals surface area (Å²) in [5.74, 6) is 0.767. The van der Waals surface area contributed by atoms with Crippen LogP contribution in [0.4, 0.5) is 0 Å². The summed E-state index contributed by atoms with van der Waals surface area (Å²) in [7, 11) is 2.23. The maximum Gasteiger partial charge on any atom is 0.0233 e. The van der Waals surface area contributed by atoms with Crippen molar-refractivity contribution in [3.05, 3.63) is 35.4 Å². The third-order valence-electron chi connectivity index (χ3n) is 4.19. The number of nitrogens with one attached hydrogen (secondary N) is 1. The van der Waals surface area contributed by atoms with Gasteiger partial charge >= 0.3 is 0 Å². The van der Waals surface area contributed by atoms with E-state index in [2.05, 4.69) is 62.3 Å². The maximum absolute atomic E-state index is 3.56. The number of nitrogens with zero attached hydrogens (tertiary/aromatic N) is 1. The average molecular weight is 274 g/mol. The minimum atomic E-state index is 0.645. The molecule has 0 bridgehead atoms. The Kier molecular flexibility index (Phi) is 5.62. The van der Waals surface area contributed by atoms with Crippen molar-refractivity contribution in [2.45, 2.75) is 65.2 Å². The fourth-order valence-electron chi connectivity index (χ4n) is 2.62. The molecule has 0 amide bonds. The van der Waals surface area contributed by atoms with E-state index in [4.69, 9.17) is 0 Å². The molecular formula is C18H30N2. The first-order valence-electron chi connectivity index (χ1n) is 8.06. The highest BCUT2D eigenvalue weighted by atomic mass is 15.1. The zero-order valence-electron chi connectivity index (χ0n) is 13.5. The van der Waals surface area contributed by atoms with Crippen LogP contribution in [-0.4, -0.2) is 24.0 Å². The van der Waals surface area contributed by atoms with Crippen LogP contribution in [0.3, 0.4) is 0 Å². The summed E-state index contributed by atoms with van der Waals surface area (Å²) < 4.78 is 0. The van der Waals surface area contributed by atoms with Gasteiger partial charge in [0.25, 0.3) is 0 Å². The van der Waals surface area contributed by atoms with Crippen LogP contribution in [0.25, 0.3) is 0 Å². The molecule has 1 aromatic rings. The summed E-state index contributed by atoms with van der Waals surface area (Å²) in [6.45, 7) is 8.99. The van der Waals surface area contributed by atoms with Gasteiger partial charge < -0.3 is 5.32 Å². The highest BCUT2D eigenvalue weighted by Crippen LogP contribution is 2.19. The number of hydrogen-bond donors (Lipinski definition) is 1. The van der Waals surface area contributed by atoms with Crippen molar-refractivity contribution in [2.24, 2.45) is 5.92 Å². The van der Waals surface area contributed by atoms with E-state index in [9.17, 15) is 0 Å². The van der Waals surface area contributed by atoms with E-state index in [1.54, 1.807) is 0 Å². The third-order valence-corrected chi connectivity index (χ3v) is 4.19. The lowest BCUT2D eigenvalue weighted by molar-refractivity contribution is 0.220. The Balaban J connectivity index is 1.79. The van der Waals surface area contributed by atoms with E-state index >= 15 is 0 Å². The van der Waals surface area contributed by atoms with Gasteiger partial charge in [0.05, 0.1) is 0 Å². The van der Waals surface area contributed by atoms with E-state index in [0.29, 0.717) is 6.04 Å². The molecule has 1 saturated carbocycles.